The SMILES string of the molecule is COc1cccc(OC[C@H]2CCCN(C(=O)c3cn(Cc4c(F)cccc4F)nn3)C2)c1. The van der Waals surface area contributed by atoms with Gasteiger partial charge in [-0.05, 0) is 37.1 Å². The predicted molar refractivity (Wildman–Crippen MR) is 113 cm³/mol. The van der Waals surface area contributed by atoms with Gasteiger partial charge in [0.2, 0.25) is 0 Å². The van der Waals surface area contributed by atoms with Gasteiger partial charge in [-0.2, -0.15) is 0 Å². The number of carbonyl (C=O) groups is 1. The molecule has 1 fully saturated rings. The molecule has 9 heteroatoms. The first-order valence-electron chi connectivity index (χ1n) is 10.4. The normalized spacial score (nSPS) is 16.1. The van der Waals surface area contributed by atoms with Crippen LogP contribution in [0.4, 0.5) is 8.78 Å². The van der Waals surface area contributed by atoms with Crippen molar-refractivity contribution in [3.63, 3.8) is 0 Å². The summed E-state index contributed by atoms with van der Waals surface area (Å²) in [6, 6.07) is 11.1. The van der Waals surface area contributed by atoms with Gasteiger partial charge < -0.3 is 14.4 Å². The molecule has 1 atom stereocenters. The molecule has 3 aromatic rings. The van der Waals surface area contributed by atoms with Gasteiger partial charge in [0.1, 0.15) is 23.1 Å². The number of benzene rings is 2. The Morgan fingerprint density at radius 2 is 1.91 bits per heavy atom. The molecule has 0 bridgehead atoms. The summed E-state index contributed by atoms with van der Waals surface area (Å²) in [6.07, 6.45) is 3.23. The Labute approximate surface area is 184 Å². The predicted octanol–water partition coefficient (Wildman–Crippen LogP) is 3.54. The first-order chi connectivity index (χ1) is 15.5. The summed E-state index contributed by atoms with van der Waals surface area (Å²) in [4.78, 5) is 14.6. The molecule has 0 spiro atoms. The van der Waals surface area contributed by atoms with E-state index in [1.807, 2.05) is 24.3 Å². The summed E-state index contributed by atoms with van der Waals surface area (Å²) < 4.78 is 40.1. The number of carbonyl (C=O) groups excluding carboxylic acids is 1. The summed E-state index contributed by atoms with van der Waals surface area (Å²) in [6.45, 7) is 1.49. The number of hydrogen-bond donors (Lipinski definition) is 0. The van der Waals surface area contributed by atoms with Gasteiger partial charge in [0.05, 0.1) is 26.5 Å². The third kappa shape index (κ3) is 5.04. The fourth-order valence-corrected chi connectivity index (χ4v) is 3.77. The highest BCUT2D eigenvalue weighted by atomic mass is 19.1. The van der Waals surface area contributed by atoms with Crippen molar-refractivity contribution in [1.29, 1.82) is 0 Å². The monoisotopic (exact) mass is 442 g/mol. The molecule has 0 N–H and O–H groups in total. The third-order valence-corrected chi connectivity index (χ3v) is 5.47. The average molecular weight is 442 g/mol. The van der Waals surface area contributed by atoms with E-state index in [-0.39, 0.29) is 29.6 Å². The van der Waals surface area contributed by atoms with E-state index < -0.39 is 11.6 Å². The highest BCUT2D eigenvalue weighted by molar-refractivity contribution is 5.92. The Hall–Kier alpha value is -3.49. The number of aromatic nitrogens is 3. The first-order valence-corrected chi connectivity index (χ1v) is 10.4. The maximum Gasteiger partial charge on any atom is 0.276 e. The number of piperidine rings is 1. The highest BCUT2D eigenvalue weighted by Crippen LogP contribution is 2.23. The zero-order chi connectivity index (χ0) is 22.5. The lowest BCUT2D eigenvalue weighted by molar-refractivity contribution is 0.0627. The molecule has 2 aromatic carbocycles. The van der Waals surface area contributed by atoms with Gasteiger partial charge in [0.25, 0.3) is 5.91 Å². The fourth-order valence-electron chi connectivity index (χ4n) is 3.77. The standard InChI is InChI=1S/C23H24F2N4O3/c1-31-17-6-2-7-18(11-17)32-15-16-5-4-10-28(12-16)23(30)22-14-29(27-26-22)13-19-20(24)8-3-9-21(19)25/h2-3,6-9,11,14,16H,4-5,10,12-13,15H2,1H3/t16-/m0/s1. The summed E-state index contributed by atoms with van der Waals surface area (Å²) in [5.41, 5.74) is 0.0280. The van der Waals surface area contributed by atoms with Gasteiger partial charge in [0, 0.05) is 30.6 Å². The Morgan fingerprint density at radius 1 is 1.16 bits per heavy atom. The van der Waals surface area contributed by atoms with E-state index >= 15 is 0 Å². The second-order valence-electron chi connectivity index (χ2n) is 7.75. The number of likely N-dealkylation sites (tertiary alicyclic amines) is 1. The zero-order valence-electron chi connectivity index (χ0n) is 17.7. The maximum absolute atomic E-state index is 13.9. The average Bonchev–Trinajstić information content (AvgIpc) is 3.29. The molecular weight excluding hydrogens is 418 g/mol. The lowest BCUT2D eigenvalue weighted by Crippen LogP contribution is -2.41. The van der Waals surface area contributed by atoms with Crippen LogP contribution < -0.4 is 9.47 Å². The maximum atomic E-state index is 13.9. The Kier molecular flexibility index (Phi) is 6.63. The van der Waals surface area contributed by atoms with E-state index in [0.717, 1.165) is 24.3 Å². The van der Waals surface area contributed by atoms with Crippen LogP contribution in [0.15, 0.2) is 48.7 Å². The number of methoxy groups -OCH3 is 1. The van der Waals surface area contributed by atoms with Gasteiger partial charge in [-0.1, -0.05) is 17.3 Å². The van der Waals surface area contributed by atoms with Crippen LogP contribution in [0.1, 0.15) is 28.9 Å². The molecule has 0 unspecified atom stereocenters. The highest BCUT2D eigenvalue weighted by Gasteiger charge is 2.27. The number of ether oxygens (including phenoxy) is 2. The van der Waals surface area contributed by atoms with Gasteiger partial charge in [0.15, 0.2) is 5.69 Å². The van der Waals surface area contributed by atoms with E-state index in [1.165, 1.54) is 29.1 Å². The van der Waals surface area contributed by atoms with Gasteiger partial charge in [-0.15, -0.1) is 5.10 Å². The quantitative estimate of drug-likeness (QED) is 0.560. The summed E-state index contributed by atoms with van der Waals surface area (Å²) in [5.74, 6) is 0.0433. The number of rotatable bonds is 7. The molecule has 168 valence electrons. The van der Waals surface area contributed by atoms with E-state index in [1.54, 1.807) is 12.0 Å². The zero-order valence-corrected chi connectivity index (χ0v) is 17.7. The van der Waals surface area contributed by atoms with E-state index in [2.05, 4.69) is 10.3 Å². The van der Waals surface area contributed by atoms with Crippen molar-refractivity contribution in [1.82, 2.24) is 19.9 Å². The Balaban J connectivity index is 1.36. The molecule has 4 rings (SSSR count). The summed E-state index contributed by atoms with van der Waals surface area (Å²) in [7, 11) is 1.60. The van der Waals surface area contributed by atoms with E-state index in [4.69, 9.17) is 9.47 Å². The van der Waals surface area contributed by atoms with Crippen LogP contribution in [0.3, 0.4) is 0 Å². The molecule has 0 aliphatic carbocycles. The lowest BCUT2D eigenvalue weighted by atomic mass is 9.98. The van der Waals surface area contributed by atoms with E-state index in [9.17, 15) is 13.6 Å². The summed E-state index contributed by atoms with van der Waals surface area (Å²) in [5, 5.41) is 7.79. The molecule has 1 amide bonds. The van der Waals surface area contributed by atoms with Crippen molar-refractivity contribution < 1.29 is 23.0 Å². The van der Waals surface area contributed by atoms with Crippen LogP contribution in [-0.2, 0) is 6.54 Å². The van der Waals surface area contributed by atoms with Crippen LogP contribution in [0.25, 0.3) is 0 Å². The van der Waals surface area contributed by atoms with Crippen molar-refractivity contribution in [2.24, 2.45) is 5.92 Å². The van der Waals surface area contributed by atoms with Crippen LogP contribution >= 0.6 is 0 Å². The number of hydrogen-bond acceptors (Lipinski definition) is 5. The molecule has 0 radical (unpaired) electrons. The lowest BCUT2D eigenvalue weighted by Gasteiger charge is -2.32. The third-order valence-electron chi connectivity index (χ3n) is 5.47. The van der Waals surface area contributed by atoms with Gasteiger partial charge in [-0.25, -0.2) is 13.5 Å². The Bertz CT molecular complexity index is 1070. The molecule has 1 aromatic heterocycles. The molecular formula is C23H24F2N4O3. The number of halogens is 2. The van der Waals surface area contributed by atoms with Gasteiger partial charge >= 0.3 is 0 Å². The van der Waals surface area contributed by atoms with Crippen molar-refractivity contribution in [2.45, 2.75) is 19.4 Å². The molecule has 2 heterocycles. The molecule has 1 saturated heterocycles. The fraction of sp³-hybridized carbons (Fsp3) is 0.348. The largest absolute Gasteiger partial charge is 0.497 e. The van der Waals surface area contributed by atoms with Crippen molar-refractivity contribution >= 4 is 5.91 Å². The van der Waals surface area contributed by atoms with Crippen molar-refractivity contribution in [3.05, 3.63) is 71.6 Å². The van der Waals surface area contributed by atoms with Crippen LogP contribution in [-0.4, -0.2) is 52.6 Å². The molecule has 0 saturated carbocycles. The Morgan fingerprint density at radius 3 is 2.69 bits per heavy atom. The minimum absolute atomic E-state index is 0.121. The minimum atomic E-state index is -0.664. The molecule has 1 aliphatic rings. The topological polar surface area (TPSA) is 69.5 Å². The van der Waals surface area contributed by atoms with E-state index in [0.29, 0.717) is 19.7 Å². The summed E-state index contributed by atoms with van der Waals surface area (Å²) >= 11 is 0. The molecule has 7 nitrogen and oxygen atoms in total. The second kappa shape index (κ2) is 9.76. The van der Waals surface area contributed by atoms with Crippen LogP contribution in [0.2, 0.25) is 0 Å². The molecule has 1 aliphatic heterocycles. The number of nitrogens with zero attached hydrogens (tertiary/aromatic N) is 4. The van der Waals surface area contributed by atoms with Crippen LogP contribution in [0.5, 0.6) is 11.5 Å². The second-order valence-corrected chi connectivity index (χ2v) is 7.75. The minimum Gasteiger partial charge on any atom is -0.497 e. The molecule has 32 heavy (non-hydrogen) atoms. The number of amides is 1. The van der Waals surface area contributed by atoms with Crippen molar-refractivity contribution in [3.8, 4) is 11.5 Å². The van der Waals surface area contributed by atoms with Crippen molar-refractivity contribution in [2.75, 3.05) is 26.8 Å². The van der Waals surface area contributed by atoms with Crippen LogP contribution in [0, 0.1) is 17.6 Å². The smallest absolute Gasteiger partial charge is 0.276 e. The first kappa shape index (κ1) is 21.7. The van der Waals surface area contributed by atoms with Gasteiger partial charge in [-0.3, -0.25) is 4.79 Å².